The third-order valence-corrected chi connectivity index (χ3v) is 4.50. The summed E-state index contributed by atoms with van der Waals surface area (Å²) in [4.78, 5) is 26.8. The van der Waals surface area contributed by atoms with E-state index in [1.165, 1.54) is 0 Å². The van der Waals surface area contributed by atoms with Crippen molar-refractivity contribution in [1.29, 1.82) is 0 Å². The third-order valence-electron chi connectivity index (χ3n) is 4.50. The Balaban J connectivity index is 1.76. The van der Waals surface area contributed by atoms with Gasteiger partial charge in [-0.15, -0.1) is 0 Å². The summed E-state index contributed by atoms with van der Waals surface area (Å²) in [7, 11) is 1.61. The van der Waals surface area contributed by atoms with E-state index < -0.39 is 6.04 Å². The fourth-order valence-electron chi connectivity index (χ4n) is 3.22. The van der Waals surface area contributed by atoms with E-state index in [2.05, 4.69) is 5.32 Å². The highest BCUT2D eigenvalue weighted by atomic mass is 16.5. The number of nitrogens with zero attached hydrogens (tertiary/aromatic N) is 1. The fraction of sp³-hybridized carbons (Fsp3) is 0.300. The number of hydrogen-bond donors (Lipinski definition) is 1. The number of para-hydroxylation sites is 2. The molecule has 130 valence electrons. The lowest BCUT2D eigenvalue weighted by atomic mass is 10.1. The van der Waals surface area contributed by atoms with Gasteiger partial charge in [0.25, 0.3) is 0 Å². The molecule has 2 aromatic rings. The molecule has 1 unspecified atom stereocenters. The molecule has 0 aromatic heterocycles. The van der Waals surface area contributed by atoms with Crippen molar-refractivity contribution in [2.75, 3.05) is 12.0 Å². The molecule has 0 aliphatic carbocycles. The molecule has 2 aromatic carbocycles. The summed E-state index contributed by atoms with van der Waals surface area (Å²) in [6.45, 7) is 2.18. The highest BCUT2D eigenvalue weighted by Crippen LogP contribution is 2.32. The molecule has 1 aliphatic rings. The SMILES string of the molecule is CCC(=O)N1c2ccccc2CC1C(=O)NCc1ccccc1OC. The first-order valence-electron chi connectivity index (χ1n) is 8.45. The maximum atomic E-state index is 12.8. The van der Waals surface area contributed by atoms with E-state index in [1.807, 2.05) is 55.5 Å². The summed E-state index contributed by atoms with van der Waals surface area (Å²) in [6, 6.07) is 14.8. The predicted molar refractivity (Wildman–Crippen MR) is 96.6 cm³/mol. The normalized spacial score (nSPS) is 15.6. The van der Waals surface area contributed by atoms with Gasteiger partial charge >= 0.3 is 0 Å². The predicted octanol–water partition coefficient (Wildman–Crippen LogP) is 2.68. The van der Waals surface area contributed by atoms with Crippen LogP contribution in [-0.2, 0) is 22.6 Å². The second-order valence-electron chi connectivity index (χ2n) is 6.00. The minimum atomic E-state index is -0.500. The Kier molecular flexibility index (Phi) is 5.03. The van der Waals surface area contributed by atoms with Crippen LogP contribution in [0.3, 0.4) is 0 Å². The fourth-order valence-corrected chi connectivity index (χ4v) is 3.22. The molecule has 5 heteroatoms. The minimum absolute atomic E-state index is 0.0395. The van der Waals surface area contributed by atoms with Gasteiger partial charge in [-0.3, -0.25) is 14.5 Å². The van der Waals surface area contributed by atoms with E-state index in [0.717, 1.165) is 22.6 Å². The number of ether oxygens (including phenoxy) is 1. The lowest BCUT2D eigenvalue weighted by Gasteiger charge is -2.24. The topological polar surface area (TPSA) is 58.6 Å². The molecule has 0 spiro atoms. The molecule has 1 atom stereocenters. The van der Waals surface area contributed by atoms with Gasteiger partial charge in [-0.1, -0.05) is 43.3 Å². The molecule has 1 aliphatic heterocycles. The maximum absolute atomic E-state index is 12.8. The number of amides is 2. The standard InChI is InChI=1S/C20H22N2O3/c1-3-19(23)22-16-10-6-4-8-14(16)12-17(22)20(24)21-13-15-9-5-7-11-18(15)25-2/h4-11,17H,3,12-13H2,1-2H3,(H,21,24). The zero-order valence-corrected chi connectivity index (χ0v) is 14.5. The summed E-state index contributed by atoms with van der Waals surface area (Å²) in [5.41, 5.74) is 2.77. The first-order valence-corrected chi connectivity index (χ1v) is 8.45. The van der Waals surface area contributed by atoms with Crippen molar-refractivity contribution in [1.82, 2.24) is 5.32 Å². The smallest absolute Gasteiger partial charge is 0.243 e. The highest BCUT2D eigenvalue weighted by molar-refractivity contribution is 6.03. The highest BCUT2D eigenvalue weighted by Gasteiger charge is 2.37. The van der Waals surface area contributed by atoms with Gasteiger partial charge in [-0.05, 0) is 17.7 Å². The summed E-state index contributed by atoms with van der Waals surface area (Å²) >= 11 is 0. The maximum Gasteiger partial charge on any atom is 0.243 e. The van der Waals surface area contributed by atoms with E-state index in [0.29, 0.717) is 19.4 Å². The average Bonchev–Trinajstić information content (AvgIpc) is 3.05. The van der Waals surface area contributed by atoms with Crippen molar-refractivity contribution < 1.29 is 14.3 Å². The number of benzene rings is 2. The molecule has 5 nitrogen and oxygen atoms in total. The molecule has 25 heavy (non-hydrogen) atoms. The molecule has 1 N–H and O–H groups in total. The van der Waals surface area contributed by atoms with Crippen molar-refractivity contribution in [3.05, 3.63) is 59.7 Å². The van der Waals surface area contributed by atoms with Crippen molar-refractivity contribution in [3.8, 4) is 5.75 Å². The van der Waals surface area contributed by atoms with Gasteiger partial charge in [0.2, 0.25) is 11.8 Å². The molecule has 0 radical (unpaired) electrons. The van der Waals surface area contributed by atoms with Crippen LogP contribution in [0.5, 0.6) is 5.75 Å². The van der Waals surface area contributed by atoms with Gasteiger partial charge in [0.1, 0.15) is 11.8 Å². The van der Waals surface area contributed by atoms with Gasteiger partial charge in [0, 0.05) is 30.6 Å². The number of carbonyl (C=O) groups excluding carboxylic acids is 2. The number of rotatable bonds is 5. The lowest BCUT2D eigenvalue weighted by Crippen LogP contribution is -2.47. The van der Waals surface area contributed by atoms with Crippen molar-refractivity contribution in [3.63, 3.8) is 0 Å². The third kappa shape index (κ3) is 3.36. The van der Waals surface area contributed by atoms with E-state index in [-0.39, 0.29) is 11.8 Å². The van der Waals surface area contributed by atoms with Crippen LogP contribution in [0.1, 0.15) is 24.5 Å². The van der Waals surface area contributed by atoms with Gasteiger partial charge in [-0.25, -0.2) is 0 Å². The quantitative estimate of drug-likeness (QED) is 0.912. The second-order valence-corrected chi connectivity index (χ2v) is 6.00. The average molecular weight is 338 g/mol. The molecule has 0 fully saturated rings. The largest absolute Gasteiger partial charge is 0.496 e. The second kappa shape index (κ2) is 7.38. The van der Waals surface area contributed by atoms with Crippen molar-refractivity contribution in [2.45, 2.75) is 32.4 Å². The lowest BCUT2D eigenvalue weighted by molar-refractivity contribution is -0.126. The number of anilines is 1. The Morgan fingerprint density at radius 1 is 1.16 bits per heavy atom. The summed E-state index contributed by atoms with van der Waals surface area (Å²) in [6.07, 6.45) is 0.907. The number of nitrogens with one attached hydrogen (secondary N) is 1. The van der Waals surface area contributed by atoms with Crippen LogP contribution in [-0.4, -0.2) is 25.0 Å². The van der Waals surface area contributed by atoms with Gasteiger partial charge in [0.05, 0.1) is 7.11 Å². The van der Waals surface area contributed by atoms with Crippen LogP contribution in [0.25, 0.3) is 0 Å². The van der Waals surface area contributed by atoms with Gasteiger partial charge in [0.15, 0.2) is 0 Å². The monoisotopic (exact) mass is 338 g/mol. The molecule has 2 amide bonds. The number of fused-ring (bicyclic) bond motifs is 1. The number of hydrogen-bond acceptors (Lipinski definition) is 3. The first-order chi connectivity index (χ1) is 12.2. The minimum Gasteiger partial charge on any atom is -0.496 e. The first kappa shape index (κ1) is 17.0. The molecule has 0 saturated heterocycles. The molecule has 0 bridgehead atoms. The van der Waals surface area contributed by atoms with E-state index in [1.54, 1.807) is 12.0 Å². The van der Waals surface area contributed by atoms with Crippen LogP contribution >= 0.6 is 0 Å². The summed E-state index contributed by atoms with van der Waals surface area (Å²) in [5, 5.41) is 2.95. The van der Waals surface area contributed by atoms with Crippen LogP contribution in [0, 0.1) is 0 Å². The van der Waals surface area contributed by atoms with Gasteiger partial charge in [-0.2, -0.15) is 0 Å². The summed E-state index contributed by atoms with van der Waals surface area (Å²) in [5.74, 6) is 0.547. The zero-order chi connectivity index (χ0) is 17.8. The Morgan fingerprint density at radius 2 is 1.88 bits per heavy atom. The molecular weight excluding hydrogens is 316 g/mol. The number of carbonyl (C=O) groups is 2. The van der Waals surface area contributed by atoms with Crippen LogP contribution in [0.15, 0.2) is 48.5 Å². The Labute approximate surface area is 147 Å². The molecule has 1 heterocycles. The van der Waals surface area contributed by atoms with Crippen LogP contribution in [0.2, 0.25) is 0 Å². The van der Waals surface area contributed by atoms with Gasteiger partial charge < -0.3 is 10.1 Å². The van der Waals surface area contributed by atoms with E-state index in [9.17, 15) is 9.59 Å². The molecular formula is C20H22N2O3. The number of methoxy groups -OCH3 is 1. The Morgan fingerprint density at radius 3 is 2.64 bits per heavy atom. The summed E-state index contributed by atoms with van der Waals surface area (Å²) < 4.78 is 5.31. The Hall–Kier alpha value is -2.82. The molecule has 0 saturated carbocycles. The molecule has 3 rings (SSSR count). The van der Waals surface area contributed by atoms with Crippen molar-refractivity contribution >= 4 is 17.5 Å². The van der Waals surface area contributed by atoms with E-state index >= 15 is 0 Å². The van der Waals surface area contributed by atoms with Crippen molar-refractivity contribution in [2.24, 2.45) is 0 Å². The zero-order valence-electron chi connectivity index (χ0n) is 14.5. The van der Waals surface area contributed by atoms with Crippen LogP contribution < -0.4 is 15.0 Å². The Bertz CT molecular complexity index is 788. The van der Waals surface area contributed by atoms with Crippen LogP contribution in [0.4, 0.5) is 5.69 Å². The van der Waals surface area contributed by atoms with E-state index in [4.69, 9.17) is 4.74 Å².